The van der Waals surface area contributed by atoms with Crippen molar-refractivity contribution in [3.63, 3.8) is 0 Å². The molecule has 1 aromatic carbocycles. The van der Waals surface area contributed by atoms with Crippen LogP contribution in [0.5, 0.6) is 5.75 Å². The van der Waals surface area contributed by atoms with Gasteiger partial charge in [-0.1, -0.05) is 19.1 Å². The number of methoxy groups -OCH3 is 1. The smallest absolute Gasteiger partial charge is 0.191 e. The van der Waals surface area contributed by atoms with E-state index in [1.807, 2.05) is 11.8 Å². The molecule has 0 aliphatic carbocycles. The molecule has 0 bridgehead atoms. The second-order valence-electron chi connectivity index (χ2n) is 5.57. The molecular weight excluding hydrogens is 322 g/mol. The van der Waals surface area contributed by atoms with Gasteiger partial charge in [-0.15, -0.1) is 0 Å². The van der Waals surface area contributed by atoms with Crippen molar-refractivity contribution in [2.24, 2.45) is 4.99 Å². The van der Waals surface area contributed by atoms with Crippen LogP contribution in [0.15, 0.2) is 23.2 Å². The van der Waals surface area contributed by atoms with E-state index in [2.05, 4.69) is 60.9 Å². The summed E-state index contributed by atoms with van der Waals surface area (Å²) in [7, 11) is 1.68. The third kappa shape index (κ3) is 7.93. The Balaban J connectivity index is 2.76. The van der Waals surface area contributed by atoms with Gasteiger partial charge in [0.25, 0.3) is 0 Å². The van der Waals surface area contributed by atoms with Gasteiger partial charge in [0, 0.05) is 31.0 Å². The summed E-state index contributed by atoms with van der Waals surface area (Å²) in [5.74, 6) is 1.71. The largest absolute Gasteiger partial charge is 0.491 e. The first-order valence-corrected chi connectivity index (χ1v) is 9.65. The zero-order valence-electron chi connectivity index (χ0n) is 15.5. The van der Waals surface area contributed by atoms with Gasteiger partial charge >= 0.3 is 0 Å². The summed E-state index contributed by atoms with van der Waals surface area (Å²) >= 11 is 1.84. The first kappa shape index (κ1) is 20.6. The van der Waals surface area contributed by atoms with Crippen LogP contribution in [0.4, 0.5) is 0 Å². The predicted octanol–water partition coefficient (Wildman–Crippen LogP) is 2.83. The number of rotatable bonds is 10. The number of nitrogens with one attached hydrogen (secondary N) is 2. The molecule has 0 radical (unpaired) electrons. The lowest BCUT2D eigenvalue weighted by atomic mass is 10.1. The third-order valence-corrected chi connectivity index (χ3v) is 4.45. The summed E-state index contributed by atoms with van der Waals surface area (Å²) in [6.07, 6.45) is 2.12. The molecule has 0 fully saturated rings. The van der Waals surface area contributed by atoms with Crippen molar-refractivity contribution in [1.82, 2.24) is 10.6 Å². The van der Waals surface area contributed by atoms with Gasteiger partial charge in [-0.25, -0.2) is 4.99 Å². The molecular formula is C18H31N3O2S. The van der Waals surface area contributed by atoms with E-state index in [-0.39, 0.29) is 0 Å². The molecule has 5 nitrogen and oxygen atoms in total. The number of hydrogen-bond acceptors (Lipinski definition) is 4. The van der Waals surface area contributed by atoms with Gasteiger partial charge in [0.05, 0.1) is 13.2 Å². The average molecular weight is 354 g/mol. The fraction of sp³-hybridized carbons (Fsp3) is 0.611. The Morgan fingerprint density at radius 2 is 2.08 bits per heavy atom. The van der Waals surface area contributed by atoms with Gasteiger partial charge < -0.3 is 20.1 Å². The van der Waals surface area contributed by atoms with Gasteiger partial charge in [0.1, 0.15) is 12.4 Å². The molecule has 136 valence electrons. The number of aliphatic imine (C=N–C) groups is 1. The number of thioether (sulfide) groups is 1. The van der Waals surface area contributed by atoms with Gasteiger partial charge in [-0.2, -0.15) is 11.8 Å². The van der Waals surface area contributed by atoms with Gasteiger partial charge in [-0.05, 0) is 31.7 Å². The van der Waals surface area contributed by atoms with Crippen molar-refractivity contribution in [2.45, 2.75) is 32.6 Å². The maximum Gasteiger partial charge on any atom is 0.191 e. The summed E-state index contributed by atoms with van der Waals surface area (Å²) in [4.78, 5) is 4.68. The van der Waals surface area contributed by atoms with Crippen molar-refractivity contribution in [2.75, 3.05) is 39.7 Å². The second-order valence-corrected chi connectivity index (χ2v) is 6.85. The summed E-state index contributed by atoms with van der Waals surface area (Å²) in [6.45, 7) is 9.75. The number of guanidine groups is 1. The third-order valence-electron chi connectivity index (χ3n) is 3.48. The molecule has 0 aliphatic rings. The van der Waals surface area contributed by atoms with E-state index in [9.17, 15) is 0 Å². The lowest BCUT2D eigenvalue weighted by Gasteiger charge is -2.15. The highest BCUT2D eigenvalue weighted by Crippen LogP contribution is 2.21. The van der Waals surface area contributed by atoms with Crippen LogP contribution in [-0.4, -0.2) is 50.9 Å². The Morgan fingerprint density at radius 3 is 2.75 bits per heavy atom. The molecule has 0 aromatic heterocycles. The van der Waals surface area contributed by atoms with E-state index in [1.165, 1.54) is 5.56 Å². The summed E-state index contributed by atoms with van der Waals surface area (Å²) < 4.78 is 10.9. The Bertz CT molecular complexity index is 509. The number of hydrogen-bond donors (Lipinski definition) is 2. The van der Waals surface area contributed by atoms with E-state index in [0.717, 1.165) is 30.4 Å². The molecule has 6 heteroatoms. The molecule has 1 atom stereocenters. The minimum atomic E-state index is 0.542. The number of benzene rings is 1. The minimum Gasteiger partial charge on any atom is -0.491 e. The van der Waals surface area contributed by atoms with Crippen LogP contribution in [0.25, 0.3) is 0 Å². The molecule has 0 saturated carbocycles. The van der Waals surface area contributed by atoms with Crippen molar-refractivity contribution >= 4 is 17.7 Å². The molecule has 1 unspecified atom stereocenters. The second kappa shape index (κ2) is 12.0. The number of nitrogens with zero attached hydrogens (tertiary/aromatic N) is 1. The zero-order valence-corrected chi connectivity index (χ0v) is 16.3. The summed E-state index contributed by atoms with van der Waals surface area (Å²) in [5.41, 5.74) is 2.25. The van der Waals surface area contributed by atoms with Crippen LogP contribution in [0.1, 0.15) is 25.0 Å². The van der Waals surface area contributed by atoms with E-state index in [0.29, 0.717) is 25.0 Å². The van der Waals surface area contributed by atoms with Crippen LogP contribution in [0.3, 0.4) is 0 Å². The van der Waals surface area contributed by atoms with Crippen LogP contribution >= 0.6 is 11.8 Å². The molecule has 1 aromatic rings. The first-order chi connectivity index (χ1) is 11.6. The van der Waals surface area contributed by atoms with E-state index in [1.54, 1.807) is 7.11 Å². The highest BCUT2D eigenvalue weighted by Gasteiger charge is 2.06. The molecule has 0 heterocycles. The van der Waals surface area contributed by atoms with Crippen LogP contribution in [0, 0.1) is 6.92 Å². The van der Waals surface area contributed by atoms with Crippen LogP contribution < -0.4 is 15.4 Å². The highest BCUT2D eigenvalue weighted by molar-refractivity contribution is 7.99. The fourth-order valence-electron chi connectivity index (χ4n) is 1.99. The quantitative estimate of drug-likeness (QED) is 0.385. The average Bonchev–Trinajstić information content (AvgIpc) is 2.58. The van der Waals surface area contributed by atoms with Crippen molar-refractivity contribution in [3.8, 4) is 5.75 Å². The molecule has 0 spiro atoms. The van der Waals surface area contributed by atoms with Crippen molar-refractivity contribution in [1.29, 1.82) is 0 Å². The molecule has 0 saturated heterocycles. The van der Waals surface area contributed by atoms with Gasteiger partial charge in [0.15, 0.2) is 5.96 Å². The predicted molar refractivity (Wildman–Crippen MR) is 104 cm³/mol. The van der Waals surface area contributed by atoms with Crippen molar-refractivity contribution < 1.29 is 9.47 Å². The Labute approximate surface area is 150 Å². The minimum absolute atomic E-state index is 0.542. The molecule has 2 N–H and O–H groups in total. The van der Waals surface area contributed by atoms with E-state index in [4.69, 9.17) is 9.47 Å². The van der Waals surface area contributed by atoms with E-state index < -0.39 is 0 Å². The fourth-order valence-corrected chi connectivity index (χ4v) is 2.24. The van der Waals surface area contributed by atoms with Crippen LogP contribution in [-0.2, 0) is 11.3 Å². The normalized spacial score (nSPS) is 12.8. The lowest BCUT2D eigenvalue weighted by Crippen LogP contribution is -2.40. The molecule has 1 rings (SSSR count). The van der Waals surface area contributed by atoms with Crippen molar-refractivity contribution in [3.05, 3.63) is 29.3 Å². The maximum absolute atomic E-state index is 5.83. The molecule has 0 aliphatic heterocycles. The standard InChI is InChI=1S/C18H31N3O2S/c1-6-19-18(20-12-15(3)24-5)21-13-16-8-7-14(2)11-17(16)23-10-9-22-4/h7-8,11,15H,6,9-10,12-13H2,1-5H3,(H2,19,20,21). The van der Waals surface area contributed by atoms with Gasteiger partial charge in [0.2, 0.25) is 0 Å². The number of aryl methyl sites for hydroxylation is 1. The van der Waals surface area contributed by atoms with E-state index >= 15 is 0 Å². The highest BCUT2D eigenvalue weighted by atomic mass is 32.2. The zero-order chi connectivity index (χ0) is 17.8. The Kier molecular flexibility index (Phi) is 10.4. The Hall–Kier alpha value is -1.40. The number of ether oxygens (including phenoxy) is 2. The van der Waals surface area contributed by atoms with Gasteiger partial charge in [-0.3, -0.25) is 0 Å². The summed E-state index contributed by atoms with van der Waals surface area (Å²) in [6, 6.07) is 6.22. The first-order valence-electron chi connectivity index (χ1n) is 8.36. The topological polar surface area (TPSA) is 54.9 Å². The SMILES string of the molecule is CCNC(=NCc1ccc(C)cc1OCCOC)NCC(C)SC. The monoisotopic (exact) mass is 353 g/mol. The Morgan fingerprint density at radius 1 is 1.29 bits per heavy atom. The molecule has 24 heavy (non-hydrogen) atoms. The van der Waals surface area contributed by atoms with Crippen LogP contribution in [0.2, 0.25) is 0 Å². The lowest BCUT2D eigenvalue weighted by molar-refractivity contribution is 0.145. The summed E-state index contributed by atoms with van der Waals surface area (Å²) in [5, 5.41) is 7.21. The molecule has 0 amide bonds. The maximum atomic E-state index is 5.83.